The monoisotopic (exact) mass is 238 g/mol. The van der Waals surface area contributed by atoms with Gasteiger partial charge in [0.2, 0.25) is 0 Å². The van der Waals surface area contributed by atoms with E-state index in [1.165, 1.54) is 6.07 Å². The molecule has 0 aliphatic rings. The average molecular weight is 238 g/mol. The number of rotatable bonds is 2. The van der Waals surface area contributed by atoms with Crippen LogP contribution in [0.4, 0.5) is 14.5 Å². The van der Waals surface area contributed by atoms with E-state index in [9.17, 15) is 13.6 Å². The fourth-order valence-electron chi connectivity index (χ4n) is 1.26. The number of benzene rings is 1. The summed E-state index contributed by atoms with van der Waals surface area (Å²) in [5.41, 5.74) is -0.539. The molecule has 0 aliphatic carbocycles. The second-order valence-corrected chi connectivity index (χ2v) is 3.30. The minimum atomic E-state index is -0.849. The minimum Gasteiger partial charge on any atom is -0.448 e. The lowest BCUT2D eigenvalue weighted by molar-refractivity contribution is 0.102. The molecule has 1 aromatic heterocycles. The third-order valence-corrected chi connectivity index (χ3v) is 2.05. The first-order valence-corrected chi connectivity index (χ1v) is 4.75. The molecule has 0 saturated heterocycles. The number of nitrogens with one attached hydrogen (secondary N) is 1. The molecule has 0 bridgehead atoms. The van der Waals surface area contributed by atoms with E-state index in [-0.39, 0.29) is 5.69 Å². The summed E-state index contributed by atoms with van der Waals surface area (Å²) >= 11 is 0. The van der Waals surface area contributed by atoms with Crippen LogP contribution in [0.1, 0.15) is 16.4 Å². The number of para-hydroxylation sites is 1. The molecule has 0 radical (unpaired) electrons. The van der Waals surface area contributed by atoms with Gasteiger partial charge in [0.15, 0.2) is 11.6 Å². The number of hydrogen-bond donors (Lipinski definition) is 1. The summed E-state index contributed by atoms with van der Waals surface area (Å²) in [5.74, 6) is -2.13. The van der Waals surface area contributed by atoms with Crippen molar-refractivity contribution in [2.45, 2.75) is 6.92 Å². The fourth-order valence-corrected chi connectivity index (χ4v) is 1.26. The zero-order valence-electron chi connectivity index (χ0n) is 8.83. The van der Waals surface area contributed by atoms with Gasteiger partial charge in [-0.3, -0.25) is 4.79 Å². The molecule has 1 N–H and O–H groups in total. The van der Waals surface area contributed by atoms with Gasteiger partial charge >= 0.3 is 0 Å². The number of oxazole rings is 1. The number of amides is 1. The molecule has 17 heavy (non-hydrogen) atoms. The fraction of sp³-hybridized carbons (Fsp3) is 0.0909. The van der Waals surface area contributed by atoms with Crippen LogP contribution in [0.3, 0.4) is 0 Å². The Labute approximate surface area is 95.3 Å². The van der Waals surface area contributed by atoms with Crippen LogP contribution in [0, 0.1) is 18.6 Å². The van der Waals surface area contributed by atoms with Crippen molar-refractivity contribution in [3.63, 3.8) is 0 Å². The van der Waals surface area contributed by atoms with Gasteiger partial charge in [-0.05, 0) is 12.1 Å². The van der Waals surface area contributed by atoms with Crippen molar-refractivity contribution in [2.75, 3.05) is 5.32 Å². The maximum absolute atomic E-state index is 13.2. The summed E-state index contributed by atoms with van der Waals surface area (Å²) in [6, 6.07) is 3.31. The maximum atomic E-state index is 13.2. The Morgan fingerprint density at radius 3 is 2.53 bits per heavy atom. The average Bonchev–Trinajstić information content (AvgIpc) is 2.70. The lowest BCUT2D eigenvalue weighted by Gasteiger charge is -2.05. The number of nitrogens with zero attached hydrogens (tertiary/aromatic N) is 1. The van der Waals surface area contributed by atoms with Gasteiger partial charge in [-0.15, -0.1) is 0 Å². The molecule has 4 nitrogen and oxygen atoms in total. The Morgan fingerprint density at radius 2 is 2.00 bits per heavy atom. The predicted molar refractivity (Wildman–Crippen MR) is 55.6 cm³/mol. The first-order chi connectivity index (χ1) is 8.08. The molecule has 1 aromatic carbocycles. The number of carbonyl (C=O) groups is 1. The Hall–Kier alpha value is -2.24. The standard InChI is InChI=1S/C11H8F2N2O2/c1-6-14-9(5-17-6)11(16)15-10-7(12)3-2-4-8(10)13/h2-5H,1H3,(H,15,16). The predicted octanol–water partition coefficient (Wildman–Crippen LogP) is 2.51. The van der Waals surface area contributed by atoms with Gasteiger partial charge in [-0.2, -0.15) is 0 Å². The van der Waals surface area contributed by atoms with Gasteiger partial charge in [0.05, 0.1) is 0 Å². The number of hydrogen-bond acceptors (Lipinski definition) is 3. The summed E-state index contributed by atoms with van der Waals surface area (Å²) in [4.78, 5) is 15.3. The van der Waals surface area contributed by atoms with Crippen LogP contribution in [-0.2, 0) is 0 Å². The third kappa shape index (κ3) is 2.30. The van der Waals surface area contributed by atoms with Crippen molar-refractivity contribution in [1.29, 1.82) is 0 Å². The highest BCUT2D eigenvalue weighted by atomic mass is 19.1. The molecule has 0 aliphatic heterocycles. The third-order valence-electron chi connectivity index (χ3n) is 2.05. The lowest BCUT2D eigenvalue weighted by atomic mass is 10.3. The van der Waals surface area contributed by atoms with Crippen LogP contribution in [0.5, 0.6) is 0 Å². The van der Waals surface area contributed by atoms with E-state index in [1.54, 1.807) is 6.92 Å². The lowest BCUT2D eigenvalue weighted by Crippen LogP contribution is -2.14. The maximum Gasteiger partial charge on any atom is 0.277 e. The smallest absolute Gasteiger partial charge is 0.277 e. The Bertz CT molecular complexity index is 546. The van der Waals surface area contributed by atoms with Gasteiger partial charge in [0.1, 0.15) is 23.6 Å². The van der Waals surface area contributed by atoms with Crippen LogP contribution in [-0.4, -0.2) is 10.9 Å². The normalized spacial score (nSPS) is 10.3. The van der Waals surface area contributed by atoms with Gasteiger partial charge in [0, 0.05) is 6.92 Å². The van der Waals surface area contributed by atoms with Gasteiger partial charge in [0.25, 0.3) is 5.91 Å². The molecule has 1 amide bonds. The second kappa shape index (κ2) is 4.32. The SMILES string of the molecule is Cc1nc(C(=O)Nc2c(F)cccc2F)co1. The van der Waals surface area contributed by atoms with E-state index in [4.69, 9.17) is 4.42 Å². The number of aromatic nitrogens is 1. The summed E-state index contributed by atoms with van der Waals surface area (Å²) in [6.45, 7) is 1.56. The van der Waals surface area contributed by atoms with E-state index in [2.05, 4.69) is 10.3 Å². The first-order valence-electron chi connectivity index (χ1n) is 4.75. The molecule has 0 fully saturated rings. The summed E-state index contributed by atoms with van der Waals surface area (Å²) in [5, 5.41) is 2.10. The zero-order valence-corrected chi connectivity index (χ0v) is 8.83. The second-order valence-electron chi connectivity index (χ2n) is 3.30. The highest BCUT2D eigenvalue weighted by Gasteiger charge is 2.15. The van der Waals surface area contributed by atoms with Crippen LogP contribution in [0.2, 0.25) is 0 Å². The van der Waals surface area contributed by atoms with Crippen LogP contribution in [0.25, 0.3) is 0 Å². The summed E-state index contributed by atoms with van der Waals surface area (Å²) < 4.78 is 31.3. The van der Waals surface area contributed by atoms with Crippen molar-refractivity contribution in [3.8, 4) is 0 Å². The molecule has 2 aromatic rings. The molecular weight excluding hydrogens is 230 g/mol. The van der Waals surface area contributed by atoms with E-state index < -0.39 is 23.2 Å². The van der Waals surface area contributed by atoms with Crippen molar-refractivity contribution < 1.29 is 18.0 Å². The molecule has 6 heteroatoms. The Kier molecular flexibility index (Phi) is 2.86. The van der Waals surface area contributed by atoms with E-state index >= 15 is 0 Å². The molecule has 0 atom stereocenters. The molecule has 0 saturated carbocycles. The highest BCUT2D eigenvalue weighted by molar-refractivity contribution is 6.02. The minimum absolute atomic E-state index is 0.0369. The molecule has 88 valence electrons. The Balaban J connectivity index is 2.24. The van der Waals surface area contributed by atoms with Gasteiger partial charge in [-0.25, -0.2) is 13.8 Å². The zero-order chi connectivity index (χ0) is 12.4. The van der Waals surface area contributed by atoms with E-state index in [1.807, 2.05) is 0 Å². The number of aryl methyl sites for hydroxylation is 1. The van der Waals surface area contributed by atoms with Crippen LogP contribution in [0.15, 0.2) is 28.9 Å². The van der Waals surface area contributed by atoms with Crippen molar-refractivity contribution in [3.05, 3.63) is 47.7 Å². The van der Waals surface area contributed by atoms with Crippen molar-refractivity contribution in [2.24, 2.45) is 0 Å². The quantitative estimate of drug-likeness (QED) is 0.874. The van der Waals surface area contributed by atoms with Crippen LogP contribution >= 0.6 is 0 Å². The molecule has 1 heterocycles. The number of anilines is 1. The highest BCUT2D eigenvalue weighted by Crippen LogP contribution is 2.18. The summed E-state index contributed by atoms with van der Waals surface area (Å²) in [6.07, 6.45) is 1.11. The number of halogens is 2. The number of carbonyl (C=O) groups excluding carboxylic acids is 1. The van der Waals surface area contributed by atoms with Crippen molar-refractivity contribution >= 4 is 11.6 Å². The van der Waals surface area contributed by atoms with E-state index in [0.717, 1.165) is 18.4 Å². The van der Waals surface area contributed by atoms with Gasteiger partial charge in [-0.1, -0.05) is 6.07 Å². The van der Waals surface area contributed by atoms with Crippen LogP contribution < -0.4 is 5.32 Å². The Morgan fingerprint density at radius 1 is 1.35 bits per heavy atom. The molecule has 0 spiro atoms. The molecule has 2 rings (SSSR count). The first kappa shape index (κ1) is 11.3. The van der Waals surface area contributed by atoms with Crippen molar-refractivity contribution in [1.82, 2.24) is 4.98 Å². The largest absolute Gasteiger partial charge is 0.448 e. The van der Waals surface area contributed by atoms with E-state index in [0.29, 0.717) is 5.89 Å². The summed E-state index contributed by atoms with van der Waals surface area (Å²) in [7, 11) is 0. The topological polar surface area (TPSA) is 55.1 Å². The van der Waals surface area contributed by atoms with Gasteiger partial charge < -0.3 is 9.73 Å². The molecule has 0 unspecified atom stereocenters. The molecular formula is C11H8F2N2O2.